The molecule has 8 nitrogen and oxygen atoms in total. The van der Waals surface area contributed by atoms with Crippen molar-refractivity contribution in [1.29, 1.82) is 0 Å². The van der Waals surface area contributed by atoms with Gasteiger partial charge in [-0.3, -0.25) is 4.79 Å². The fourth-order valence-corrected chi connectivity index (χ4v) is 2.92. The number of amides is 1. The van der Waals surface area contributed by atoms with E-state index in [1.807, 2.05) is 31.2 Å². The summed E-state index contributed by atoms with van der Waals surface area (Å²) in [5, 5.41) is 4.01. The molecule has 3 rings (SSSR count). The summed E-state index contributed by atoms with van der Waals surface area (Å²) in [6.45, 7) is 2.16. The monoisotopic (exact) mass is 397 g/mol. The largest absolute Gasteiger partial charge is 0.493 e. The highest BCUT2D eigenvalue weighted by Crippen LogP contribution is 2.38. The molecule has 0 aliphatic carbocycles. The van der Waals surface area contributed by atoms with E-state index in [0.717, 1.165) is 11.1 Å². The number of aromatic nitrogens is 2. The molecule has 0 saturated carbocycles. The Balaban J connectivity index is 1.79. The van der Waals surface area contributed by atoms with Crippen LogP contribution in [0.25, 0.3) is 11.4 Å². The maximum absolute atomic E-state index is 12.9. The minimum absolute atomic E-state index is 0.161. The second-order valence-corrected chi connectivity index (χ2v) is 6.46. The molecule has 0 spiro atoms. The van der Waals surface area contributed by atoms with E-state index in [9.17, 15) is 4.79 Å². The number of carbonyl (C=O) groups excluding carboxylic acids is 1. The van der Waals surface area contributed by atoms with Gasteiger partial charge in [0.1, 0.15) is 0 Å². The van der Waals surface area contributed by atoms with Crippen LogP contribution in [0.15, 0.2) is 40.9 Å². The molecule has 0 radical (unpaired) electrons. The van der Waals surface area contributed by atoms with E-state index in [4.69, 9.17) is 18.7 Å². The summed E-state index contributed by atoms with van der Waals surface area (Å²) in [4.78, 5) is 18.8. The number of rotatable bonds is 7. The van der Waals surface area contributed by atoms with E-state index in [1.165, 1.54) is 26.2 Å². The lowest BCUT2D eigenvalue weighted by atomic mass is 10.1. The summed E-state index contributed by atoms with van der Waals surface area (Å²) in [7, 11) is 6.17. The maximum atomic E-state index is 12.9. The molecule has 0 N–H and O–H groups in total. The number of carbonyl (C=O) groups is 1. The quantitative estimate of drug-likeness (QED) is 0.604. The van der Waals surface area contributed by atoms with Crippen molar-refractivity contribution < 1.29 is 23.5 Å². The normalized spacial score (nSPS) is 10.5. The minimum Gasteiger partial charge on any atom is -0.493 e. The summed E-state index contributed by atoms with van der Waals surface area (Å²) in [6.07, 6.45) is 0. The van der Waals surface area contributed by atoms with E-state index in [2.05, 4.69) is 10.1 Å². The van der Waals surface area contributed by atoms with E-state index >= 15 is 0 Å². The predicted octanol–water partition coefficient (Wildman–Crippen LogP) is 3.34. The third-order valence-electron chi connectivity index (χ3n) is 4.38. The van der Waals surface area contributed by atoms with Gasteiger partial charge in [-0.1, -0.05) is 28.9 Å². The molecule has 0 bridgehead atoms. The summed E-state index contributed by atoms with van der Waals surface area (Å²) >= 11 is 0. The van der Waals surface area contributed by atoms with Gasteiger partial charge in [0.25, 0.3) is 5.91 Å². The van der Waals surface area contributed by atoms with Crippen molar-refractivity contribution in [3.05, 3.63) is 53.4 Å². The first kappa shape index (κ1) is 20.2. The number of hydrogen-bond donors (Lipinski definition) is 0. The van der Waals surface area contributed by atoms with E-state index < -0.39 is 0 Å². The number of methoxy groups -OCH3 is 3. The Labute approximate surface area is 169 Å². The van der Waals surface area contributed by atoms with E-state index in [-0.39, 0.29) is 12.5 Å². The average Bonchev–Trinajstić information content (AvgIpc) is 3.20. The van der Waals surface area contributed by atoms with Gasteiger partial charge >= 0.3 is 0 Å². The van der Waals surface area contributed by atoms with Crippen molar-refractivity contribution >= 4 is 5.91 Å². The van der Waals surface area contributed by atoms with Crippen molar-refractivity contribution in [3.8, 4) is 28.6 Å². The average molecular weight is 397 g/mol. The Morgan fingerprint density at radius 2 is 1.76 bits per heavy atom. The number of ether oxygens (including phenoxy) is 3. The zero-order valence-corrected chi connectivity index (χ0v) is 17.1. The predicted molar refractivity (Wildman–Crippen MR) is 106 cm³/mol. The molecule has 1 amide bonds. The highest BCUT2D eigenvalue weighted by molar-refractivity contribution is 5.95. The molecule has 8 heteroatoms. The van der Waals surface area contributed by atoms with Crippen LogP contribution in [-0.2, 0) is 6.54 Å². The topological polar surface area (TPSA) is 86.9 Å². The molecule has 29 heavy (non-hydrogen) atoms. The first-order valence-electron chi connectivity index (χ1n) is 8.92. The molecule has 2 aromatic carbocycles. The third kappa shape index (κ3) is 4.31. The van der Waals surface area contributed by atoms with Gasteiger partial charge in [-0.25, -0.2) is 0 Å². The summed E-state index contributed by atoms with van der Waals surface area (Å²) in [5.41, 5.74) is 2.35. The summed E-state index contributed by atoms with van der Waals surface area (Å²) in [6, 6.07) is 11.0. The first-order valence-corrected chi connectivity index (χ1v) is 8.92. The van der Waals surface area contributed by atoms with Gasteiger partial charge in [-0.2, -0.15) is 4.98 Å². The third-order valence-corrected chi connectivity index (χ3v) is 4.38. The molecule has 1 heterocycles. The lowest BCUT2D eigenvalue weighted by Gasteiger charge is -2.18. The molecular weight excluding hydrogens is 374 g/mol. The molecule has 0 aliphatic heterocycles. The van der Waals surface area contributed by atoms with Crippen LogP contribution >= 0.6 is 0 Å². The molecule has 0 aliphatic rings. The molecular formula is C21H23N3O5. The SMILES string of the molecule is COc1cc(C(=O)N(C)Cc2nc(-c3cccc(C)c3)no2)cc(OC)c1OC. The second kappa shape index (κ2) is 8.64. The van der Waals surface area contributed by atoms with Crippen LogP contribution in [0.4, 0.5) is 0 Å². The van der Waals surface area contributed by atoms with Crippen LogP contribution in [0, 0.1) is 6.92 Å². The van der Waals surface area contributed by atoms with Gasteiger partial charge in [0.15, 0.2) is 11.5 Å². The Hall–Kier alpha value is -3.55. The fraction of sp³-hybridized carbons (Fsp3) is 0.286. The second-order valence-electron chi connectivity index (χ2n) is 6.46. The summed E-state index contributed by atoms with van der Waals surface area (Å²) < 4.78 is 21.2. The van der Waals surface area contributed by atoms with Gasteiger partial charge in [-0.15, -0.1) is 0 Å². The molecule has 0 unspecified atom stereocenters. The van der Waals surface area contributed by atoms with Crippen LogP contribution in [0.1, 0.15) is 21.8 Å². The van der Waals surface area contributed by atoms with Crippen LogP contribution < -0.4 is 14.2 Å². The zero-order chi connectivity index (χ0) is 21.0. The van der Waals surface area contributed by atoms with Crippen LogP contribution in [0.2, 0.25) is 0 Å². The van der Waals surface area contributed by atoms with E-state index in [0.29, 0.717) is 34.5 Å². The fourth-order valence-electron chi connectivity index (χ4n) is 2.92. The molecule has 0 atom stereocenters. The van der Waals surface area contributed by atoms with Gasteiger partial charge in [-0.05, 0) is 25.1 Å². The van der Waals surface area contributed by atoms with Crippen molar-refractivity contribution in [2.45, 2.75) is 13.5 Å². The number of aryl methyl sites for hydroxylation is 1. The maximum Gasteiger partial charge on any atom is 0.254 e. The smallest absolute Gasteiger partial charge is 0.254 e. The first-order chi connectivity index (χ1) is 14.0. The van der Waals surface area contributed by atoms with Crippen molar-refractivity contribution in [2.75, 3.05) is 28.4 Å². The van der Waals surface area contributed by atoms with Crippen LogP contribution in [0.3, 0.4) is 0 Å². The van der Waals surface area contributed by atoms with Crippen molar-refractivity contribution in [2.24, 2.45) is 0 Å². The van der Waals surface area contributed by atoms with Gasteiger partial charge in [0.05, 0.1) is 27.9 Å². The molecule has 152 valence electrons. The molecule has 0 saturated heterocycles. The zero-order valence-electron chi connectivity index (χ0n) is 17.1. The Morgan fingerprint density at radius 3 is 2.34 bits per heavy atom. The van der Waals surface area contributed by atoms with Gasteiger partial charge in [0.2, 0.25) is 17.5 Å². The Kier molecular flexibility index (Phi) is 6.01. The number of benzene rings is 2. The number of hydrogen-bond acceptors (Lipinski definition) is 7. The highest BCUT2D eigenvalue weighted by Gasteiger charge is 2.21. The van der Waals surface area contributed by atoms with Gasteiger partial charge in [0, 0.05) is 18.2 Å². The molecule has 3 aromatic rings. The van der Waals surface area contributed by atoms with Gasteiger partial charge < -0.3 is 23.6 Å². The van der Waals surface area contributed by atoms with Crippen LogP contribution in [0.5, 0.6) is 17.2 Å². The standard InChI is InChI=1S/C21H23N3O5/c1-13-7-6-8-14(9-13)20-22-18(29-23-20)12-24(2)21(25)15-10-16(26-3)19(28-5)17(11-15)27-4/h6-11H,12H2,1-5H3. The van der Waals surface area contributed by atoms with E-state index in [1.54, 1.807) is 19.2 Å². The van der Waals surface area contributed by atoms with Crippen LogP contribution in [-0.4, -0.2) is 49.3 Å². The lowest BCUT2D eigenvalue weighted by molar-refractivity contribution is 0.0768. The number of nitrogens with zero attached hydrogens (tertiary/aromatic N) is 3. The van der Waals surface area contributed by atoms with Crippen molar-refractivity contribution in [1.82, 2.24) is 15.0 Å². The molecule has 0 fully saturated rings. The summed E-state index contributed by atoms with van der Waals surface area (Å²) in [5.74, 6) is 1.81. The lowest BCUT2D eigenvalue weighted by Crippen LogP contribution is -2.26. The minimum atomic E-state index is -0.250. The Morgan fingerprint density at radius 1 is 1.07 bits per heavy atom. The highest BCUT2D eigenvalue weighted by atomic mass is 16.5. The van der Waals surface area contributed by atoms with Crippen molar-refractivity contribution in [3.63, 3.8) is 0 Å². The molecule has 1 aromatic heterocycles. The Bertz CT molecular complexity index is 990.